The normalized spacial score (nSPS) is 18.9. The van der Waals surface area contributed by atoms with Gasteiger partial charge in [-0.2, -0.15) is 0 Å². The monoisotopic (exact) mass is 276 g/mol. The summed E-state index contributed by atoms with van der Waals surface area (Å²) in [6.07, 6.45) is 2.26. The fourth-order valence-electron chi connectivity index (χ4n) is 2.75. The molecule has 1 aliphatic rings. The molecule has 4 nitrogen and oxygen atoms in total. The quantitative estimate of drug-likeness (QED) is 0.919. The van der Waals surface area contributed by atoms with Gasteiger partial charge >= 0.3 is 0 Å². The molecule has 1 atom stereocenters. The second-order valence-electron chi connectivity index (χ2n) is 5.25. The van der Waals surface area contributed by atoms with E-state index >= 15 is 0 Å². The van der Waals surface area contributed by atoms with Crippen molar-refractivity contribution in [2.45, 2.75) is 32.8 Å². The summed E-state index contributed by atoms with van der Waals surface area (Å²) < 4.78 is 5.66. The number of aryl methyl sites for hydroxylation is 1. The minimum atomic E-state index is 0.111. The SMILES string of the molecule is CCOC1CCCN(C(=O)c2ccc(NC)c(C)c2)C1. The van der Waals surface area contributed by atoms with Crippen molar-refractivity contribution in [3.05, 3.63) is 29.3 Å². The summed E-state index contributed by atoms with van der Waals surface area (Å²) in [5.41, 5.74) is 2.92. The van der Waals surface area contributed by atoms with Crippen LogP contribution in [0.1, 0.15) is 35.7 Å². The molecule has 1 aliphatic heterocycles. The molecule has 1 unspecified atom stereocenters. The van der Waals surface area contributed by atoms with Gasteiger partial charge in [-0.3, -0.25) is 4.79 Å². The first-order chi connectivity index (χ1) is 9.65. The summed E-state index contributed by atoms with van der Waals surface area (Å²) in [6.45, 7) is 6.26. The van der Waals surface area contributed by atoms with Crippen LogP contribution < -0.4 is 5.32 Å². The van der Waals surface area contributed by atoms with Gasteiger partial charge in [0.05, 0.1) is 6.10 Å². The van der Waals surface area contributed by atoms with E-state index in [9.17, 15) is 4.79 Å². The summed E-state index contributed by atoms with van der Waals surface area (Å²) in [6, 6.07) is 5.82. The number of carbonyl (C=O) groups excluding carboxylic acids is 1. The van der Waals surface area contributed by atoms with Crippen LogP contribution in [-0.4, -0.2) is 43.7 Å². The van der Waals surface area contributed by atoms with Crippen molar-refractivity contribution in [3.63, 3.8) is 0 Å². The lowest BCUT2D eigenvalue weighted by atomic mass is 10.0. The standard InChI is InChI=1S/C16H24N2O2/c1-4-20-14-6-5-9-18(11-14)16(19)13-7-8-15(17-3)12(2)10-13/h7-8,10,14,17H,4-6,9,11H2,1-3H3. The highest BCUT2D eigenvalue weighted by Gasteiger charge is 2.24. The zero-order valence-corrected chi connectivity index (χ0v) is 12.6. The maximum absolute atomic E-state index is 12.6. The number of hydrogen-bond acceptors (Lipinski definition) is 3. The molecule has 1 aromatic carbocycles. The van der Waals surface area contributed by atoms with E-state index in [1.807, 2.05) is 44.0 Å². The van der Waals surface area contributed by atoms with Crippen LogP contribution in [0, 0.1) is 6.92 Å². The minimum absolute atomic E-state index is 0.111. The molecule has 1 N–H and O–H groups in total. The van der Waals surface area contributed by atoms with Crippen molar-refractivity contribution in [1.82, 2.24) is 4.90 Å². The molecule has 0 saturated carbocycles. The van der Waals surface area contributed by atoms with Crippen LogP contribution in [0.4, 0.5) is 5.69 Å². The molecule has 110 valence electrons. The number of carbonyl (C=O) groups is 1. The van der Waals surface area contributed by atoms with Crippen LogP contribution >= 0.6 is 0 Å². The molecule has 1 amide bonds. The van der Waals surface area contributed by atoms with Gasteiger partial charge in [-0.15, -0.1) is 0 Å². The molecule has 0 bridgehead atoms. The van der Waals surface area contributed by atoms with Crippen LogP contribution in [-0.2, 0) is 4.74 Å². The van der Waals surface area contributed by atoms with Gasteiger partial charge in [0.15, 0.2) is 0 Å². The Morgan fingerprint density at radius 3 is 2.95 bits per heavy atom. The summed E-state index contributed by atoms with van der Waals surface area (Å²) in [4.78, 5) is 14.5. The Hall–Kier alpha value is -1.55. The molecule has 20 heavy (non-hydrogen) atoms. The highest BCUT2D eigenvalue weighted by atomic mass is 16.5. The summed E-state index contributed by atoms with van der Waals surface area (Å²) in [5.74, 6) is 0.111. The van der Waals surface area contributed by atoms with Crippen molar-refractivity contribution >= 4 is 11.6 Å². The first kappa shape index (κ1) is 14.9. The number of ether oxygens (including phenoxy) is 1. The van der Waals surface area contributed by atoms with Crippen molar-refractivity contribution in [2.75, 3.05) is 32.1 Å². The Kier molecular flexibility index (Phi) is 5.01. The second kappa shape index (κ2) is 6.75. The van der Waals surface area contributed by atoms with E-state index in [0.717, 1.165) is 36.2 Å². The van der Waals surface area contributed by atoms with E-state index < -0.39 is 0 Å². The Balaban J connectivity index is 2.08. The number of rotatable bonds is 4. The lowest BCUT2D eigenvalue weighted by molar-refractivity contribution is 0.00724. The zero-order valence-electron chi connectivity index (χ0n) is 12.6. The summed E-state index contributed by atoms with van der Waals surface area (Å²) in [7, 11) is 1.89. The van der Waals surface area contributed by atoms with E-state index in [1.165, 1.54) is 0 Å². The van der Waals surface area contributed by atoms with Gasteiger partial charge in [-0.1, -0.05) is 0 Å². The fourth-order valence-corrected chi connectivity index (χ4v) is 2.75. The minimum Gasteiger partial charge on any atom is -0.388 e. The van der Waals surface area contributed by atoms with E-state index in [0.29, 0.717) is 13.2 Å². The Labute approximate surface area is 121 Å². The zero-order chi connectivity index (χ0) is 14.5. The first-order valence-electron chi connectivity index (χ1n) is 7.35. The second-order valence-corrected chi connectivity index (χ2v) is 5.25. The van der Waals surface area contributed by atoms with Crippen molar-refractivity contribution in [3.8, 4) is 0 Å². The van der Waals surface area contributed by atoms with Crippen LogP contribution in [0.3, 0.4) is 0 Å². The van der Waals surface area contributed by atoms with Crippen LogP contribution in [0.5, 0.6) is 0 Å². The molecule has 0 spiro atoms. The third-order valence-electron chi connectivity index (χ3n) is 3.81. The van der Waals surface area contributed by atoms with Gasteiger partial charge in [-0.25, -0.2) is 0 Å². The maximum Gasteiger partial charge on any atom is 0.253 e. The number of benzene rings is 1. The lowest BCUT2D eigenvalue weighted by Gasteiger charge is -2.32. The number of likely N-dealkylation sites (tertiary alicyclic amines) is 1. The van der Waals surface area contributed by atoms with Gasteiger partial charge in [0, 0.05) is 38.0 Å². The molecular weight excluding hydrogens is 252 g/mol. The van der Waals surface area contributed by atoms with E-state index in [1.54, 1.807) is 0 Å². The van der Waals surface area contributed by atoms with Crippen molar-refractivity contribution in [2.24, 2.45) is 0 Å². The van der Waals surface area contributed by atoms with E-state index in [4.69, 9.17) is 4.74 Å². The first-order valence-corrected chi connectivity index (χ1v) is 7.35. The van der Waals surface area contributed by atoms with Crippen LogP contribution in [0.2, 0.25) is 0 Å². The highest BCUT2D eigenvalue weighted by molar-refractivity contribution is 5.95. The van der Waals surface area contributed by atoms with E-state index in [2.05, 4.69) is 5.32 Å². The molecule has 0 aromatic heterocycles. The van der Waals surface area contributed by atoms with Crippen molar-refractivity contribution in [1.29, 1.82) is 0 Å². The Morgan fingerprint density at radius 2 is 2.30 bits per heavy atom. The number of piperidine rings is 1. The van der Waals surface area contributed by atoms with Gasteiger partial charge in [0.25, 0.3) is 5.91 Å². The number of nitrogens with zero attached hydrogens (tertiary/aromatic N) is 1. The molecule has 0 radical (unpaired) electrons. The predicted molar refractivity (Wildman–Crippen MR) is 81.3 cm³/mol. The third kappa shape index (κ3) is 3.31. The van der Waals surface area contributed by atoms with Crippen LogP contribution in [0.25, 0.3) is 0 Å². The number of nitrogens with one attached hydrogen (secondary N) is 1. The fraction of sp³-hybridized carbons (Fsp3) is 0.562. The molecule has 2 rings (SSSR count). The highest BCUT2D eigenvalue weighted by Crippen LogP contribution is 2.20. The molecule has 1 saturated heterocycles. The smallest absolute Gasteiger partial charge is 0.253 e. The van der Waals surface area contributed by atoms with Gasteiger partial charge in [0.1, 0.15) is 0 Å². The molecule has 4 heteroatoms. The summed E-state index contributed by atoms with van der Waals surface area (Å²) >= 11 is 0. The summed E-state index contributed by atoms with van der Waals surface area (Å²) in [5, 5.41) is 3.12. The third-order valence-corrected chi connectivity index (χ3v) is 3.81. The van der Waals surface area contributed by atoms with Gasteiger partial charge in [0.2, 0.25) is 0 Å². The van der Waals surface area contributed by atoms with Gasteiger partial charge < -0.3 is 15.0 Å². The van der Waals surface area contributed by atoms with Gasteiger partial charge in [-0.05, 0) is 50.5 Å². The van der Waals surface area contributed by atoms with Crippen molar-refractivity contribution < 1.29 is 9.53 Å². The molecule has 1 heterocycles. The topological polar surface area (TPSA) is 41.6 Å². The molecule has 0 aliphatic carbocycles. The maximum atomic E-state index is 12.6. The van der Waals surface area contributed by atoms with Crippen LogP contribution in [0.15, 0.2) is 18.2 Å². The number of hydrogen-bond donors (Lipinski definition) is 1. The Morgan fingerprint density at radius 1 is 1.50 bits per heavy atom. The lowest BCUT2D eigenvalue weighted by Crippen LogP contribution is -2.43. The molecule has 1 fully saturated rings. The molecular formula is C16H24N2O2. The Bertz CT molecular complexity index is 472. The molecule has 1 aromatic rings. The number of anilines is 1. The number of amides is 1. The van der Waals surface area contributed by atoms with E-state index in [-0.39, 0.29) is 12.0 Å². The average molecular weight is 276 g/mol. The largest absolute Gasteiger partial charge is 0.388 e. The predicted octanol–water partition coefficient (Wildman–Crippen LogP) is 2.68. The average Bonchev–Trinajstić information content (AvgIpc) is 2.47.